The third-order valence-corrected chi connectivity index (χ3v) is 5.60. The number of nitrogens with zero attached hydrogens (tertiary/aromatic N) is 2. The van der Waals surface area contributed by atoms with E-state index < -0.39 is 5.97 Å². The first-order valence-corrected chi connectivity index (χ1v) is 11.8. The van der Waals surface area contributed by atoms with E-state index in [-0.39, 0.29) is 6.61 Å². The summed E-state index contributed by atoms with van der Waals surface area (Å²) in [5.74, 6) is -0.0613. The van der Waals surface area contributed by atoms with Crippen molar-refractivity contribution in [2.75, 3.05) is 11.9 Å². The van der Waals surface area contributed by atoms with Crippen LogP contribution in [0.5, 0.6) is 0 Å². The first kappa shape index (κ1) is 23.2. The summed E-state index contributed by atoms with van der Waals surface area (Å²) >= 11 is 0. The Labute approximate surface area is 200 Å². The highest BCUT2D eigenvalue weighted by Gasteiger charge is 2.25. The molecule has 0 saturated carbocycles. The number of anilines is 2. The summed E-state index contributed by atoms with van der Waals surface area (Å²) in [4.78, 5) is 13.3. The minimum atomic E-state index is -0.435. The largest absolute Gasteiger partial charge is 0.462 e. The molecule has 1 aromatic heterocycles. The number of benzene rings is 3. The van der Waals surface area contributed by atoms with Crippen LogP contribution >= 0.6 is 0 Å². The van der Waals surface area contributed by atoms with Gasteiger partial charge in [0.15, 0.2) is 5.82 Å². The Bertz CT molecular complexity index is 1220. The molecule has 4 aromatic rings. The van der Waals surface area contributed by atoms with Gasteiger partial charge in [0.1, 0.15) is 11.3 Å². The second-order valence-corrected chi connectivity index (χ2v) is 8.03. The van der Waals surface area contributed by atoms with E-state index in [4.69, 9.17) is 4.74 Å². The average Bonchev–Trinajstić information content (AvgIpc) is 2.89. The van der Waals surface area contributed by atoms with Crippen molar-refractivity contribution in [3.8, 4) is 22.4 Å². The smallest absolute Gasteiger partial charge is 0.342 e. The van der Waals surface area contributed by atoms with Crippen LogP contribution in [0.4, 0.5) is 11.5 Å². The van der Waals surface area contributed by atoms with Crippen LogP contribution in [-0.4, -0.2) is 22.8 Å². The highest BCUT2D eigenvalue weighted by atomic mass is 16.5. The molecule has 1 N–H and O–H groups in total. The van der Waals surface area contributed by atoms with E-state index in [1.54, 1.807) is 6.92 Å². The van der Waals surface area contributed by atoms with Crippen LogP contribution in [0.15, 0.2) is 84.9 Å². The van der Waals surface area contributed by atoms with Crippen LogP contribution in [0.3, 0.4) is 0 Å². The summed E-state index contributed by atoms with van der Waals surface area (Å²) in [7, 11) is 0. The first-order chi connectivity index (χ1) is 16.7. The lowest BCUT2D eigenvalue weighted by Gasteiger charge is -2.17. The van der Waals surface area contributed by atoms with Crippen molar-refractivity contribution in [2.45, 2.75) is 33.1 Å². The minimum absolute atomic E-state index is 0.265. The van der Waals surface area contributed by atoms with Crippen molar-refractivity contribution in [2.24, 2.45) is 0 Å². The van der Waals surface area contributed by atoms with Crippen molar-refractivity contribution in [1.82, 2.24) is 10.2 Å². The Kier molecular flexibility index (Phi) is 7.66. The lowest BCUT2D eigenvalue weighted by atomic mass is 9.95. The van der Waals surface area contributed by atoms with Crippen LogP contribution in [0, 0.1) is 0 Å². The molecule has 0 saturated heterocycles. The standard InChI is InChI=1S/C29H29N3O2/c1-3-5-12-21-17-19-24(20-18-21)30-28-26(29(33)34-4-2)25(22-13-8-6-9-14-22)27(31-32-28)23-15-10-7-11-16-23/h6-11,13-20H,3-5,12H2,1-2H3,(H,30,32). The van der Waals surface area contributed by atoms with E-state index in [2.05, 4.69) is 34.6 Å². The molecule has 0 aliphatic carbocycles. The number of hydrogen-bond acceptors (Lipinski definition) is 5. The third kappa shape index (κ3) is 5.31. The normalized spacial score (nSPS) is 10.6. The summed E-state index contributed by atoms with van der Waals surface area (Å²) < 4.78 is 5.48. The number of aryl methyl sites for hydroxylation is 1. The van der Waals surface area contributed by atoms with Gasteiger partial charge in [0, 0.05) is 16.8 Å². The molecule has 0 radical (unpaired) electrons. The Morgan fingerprint density at radius 1 is 0.824 bits per heavy atom. The van der Waals surface area contributed by atoms with Gasteiger partial charge in [0.2, 0.25) is 0 Å². The number of aromatic nitrogens is 2. The van der Waals surface area contributed by atoms with Crippen molar-refractivity contribution < 1.29 is 9.53 Å². The topological polar surface area (TPSA) is 64.1 Å². The zero-order chi connectivity index (χ0) is 23.8. The van der Waals surface area contributed by atoms with Gasteiger partial charge in [-0.15, -0.1) is 10.2 Å². The zero-order valence-electron chi connectivity index (χ0n) is 19.6. The number of nitrogens with one attached hydrogen (secondary N) is 1. The molecule has 0 aliphatic heterocycles. The molecule has 3 aromatic carbocycles. The molecule has 172 valence electrons. The first-order valence-electron chi connectivity index (χ1n) is 11.8. The van der Waals surface area contributed by atoms with Gasteiger partial charge in [0.25, 0.3) is 0 Å². The molecule has 5 heteroatoms. The maximum atomic E-state index is 13.3. The summed E-state index contributed by atoms with van der Waals surface area (Å²) in [5, 5.41) is 12.3. The molecule has 34 heavy (non-hydrogen) atoms. The van der Waals surface area contributed by atoms with Crippen LogP contribution in [-0.2, 0) is 11.2 Å². The monoisotopic (exact) mass is 451 g/mol. The van der Waals surface area contributed by atoms with Crippen molar-refractivity contribution in [1.29, 1.82) is 0 Å². The number of carbonyl (C=O) groups excluding carboxylic acids is 1. The Morgan fingerprint density at radius 2 is 1.47 bits per heavy atom. The summed E-state index contributed by atoms with van der Waals surface area (Å²) in [6.07, 6.45) is 3.37. The molecule has 0 amide bonds. The molecule has 0 spiro atoms. The van der Waals surface area contributed by atoms with Gasteiger partial charge < -0.3 is 10.1 Å². The van der Waals surface area contributed by atoms with Gasteiger partial charge in [-0.25, -0.2) is 4.79 Å². The SMILES string of the molecule is CCCCc1ccc(Nc2nnc(-c3ccccc3)c(-c3ccccc3)c2C(=O)OCC)cc1. The van der Waals surface area contributed by atoms with Crippen molar-refractivity contribution >= 4 is 17.5 Å². The lowest BCUT2D eigenvalue weighted by molar-refractivity contribution is 0.0528. The predicted molar refractivity (Wildman–Crippen MR) is 137 cm³/mol. The second kappa shape index (κ2) is 11.2. The van der Waals surface area contributed by atoms with Crippen LogP contribution < -0.4 is 5.32 Å². The molecule has 0 aliphatic rings. The molecule has 0 unspecified atom stereocenters. The molecule has 4 rings (SSSR count). The number of rotatable bonds is 9. The van der Waals surface area contributed by atoms with E-state index >= 15 is 0 Å². The zero-order valence-corrected chi connectivity index (χ0v) is 19.6. The number of esters is 1. The van der Waals surface area contributed by atoms with Crippen molar-refractivity contribution in [3.05, 3.63) is 96.1 Å². The van der Waals surface area contributed by atoms with Gasteiger partial charge in [-0.05, 0) is 43.0 Å². The fourth-order valence-corrected chi connectivity index (χ4v) is 3.88. The molecular formula is C29H29N3O2. The Morgan fingerprint density at radius 3 is 2.09 bits per heavy atom. The lowest BCUT2D eigenvalue weighted by Crippen LogP contribution is -2.13. The quantitative estimate of drug-likeness (QED) is 0.276. The van der Waals surface area contributed by atoms with Gasteiger partial charge in [-0.2, -0.15) is 0 Å². The van der Waals surface area contributed by atoms with Gasteiger partial charge in [0.05, 0.1) is 6.61 Å². The molecule has 5 nitrogen and oxygen atoms in total. The fourth-order valence-electron chi connectivity index (χ4n) is 3.88. The number of unbranched alkanes of at least 4 members (excludes halogenated alkanes) is 1. The molecule has 0 fully saturated rings. The Hall–Kier alpha value is -3.99. The van der Waals surface area contributed by atoms with Gasteiger partial charge >= 0.3 is 5.97 Å². The third-order valence-electron chi connectivity index (χ3n) is 5.60. The molecular weight excluding hydrogens is 422 g/mol. The summed E-state index contributed by atoms with van der Waals surface area (Å²) in [6.45, 7) is 4.26. The minimum Gasteiger partial charge on any atom is -0.462 e. The number of ether oxygens (including phenoxy) is 1. The number of hydrogen-bond donors (Lipinski definition) is 1. The molecule has 0 bridgehead atoms. The highest BCUT2D eigenvalue weighted by molar-refractivity contribution is 6.05. The van der Waals surface area contributed by atoms with Crippen LogP contribution in [0.1, 0.15) is 42.6 Å². The van der Waals surface area contributed by atoms with E-state index in [9.17, 15) is 4.79 Å². The van der Waals surface area contributed by atoms with E-state index in [1.807, 2.05) is 72.8 Å². The van der Waals surface area contributed by atoms with E-state index in [0.29, 0.717) is 22.6 Å². The average molecular weight is 452 g/mol. The van der Waals surface area contributed by atoms with E-state index in [0.717, 1.165) is 36.1 Å². The number of carbonyl (C=O) groups is 1. The molecule has 0 atom stereocenters. The Balaban J connectivity index is 1.84. The highest BCUT2D eigenvalue weighted by Crippen LogP contribution is 2.37. The van der Waals surface area contributed by atoms with Gasteiger partial charge in [-0.3, -0.25) is 0 Å². The van der Waals surface area contributed by atoms with E-state index in [1.165, 1.54) is 5.56 Å². The van der Waals surface area contributed by atoms with Crippen molar-refractivity contribution in [3.63, 3.8) is 0 Å². The van der Waals surface area contributed by atoms with Crippen LogP contribution in [0.2, 0.25) is 0 Å². The van der Waals surface area contributed by atoms with Crippen LogP contribution in [0.25, 0.3) is 22.4 Å². The fraction of sp³-hybridized carbons (Fsp3) is 0.207. The maximum Gasteiger partial charge on any atom is 0.342 e. The second-order valence-electron chi connectivity index (χ2n) is 8.03. The summed E-state index contributed by atoms with van der Waals surface area (Å²) in [5.41, 5.74) is 5.58. The van der Waals surface area contributed by atoms with Gasteiger partial charge in [-0.1, -0.05) is 86.1 Å². The summed E-state index contributed by atoms with van der Waals surface area (Å²) in [6, 6.07) is 27.8. The predicted octanol–water partition coefficient (Wildman–Crippen LogP) is 7.07. The molecule has 1 heterocycles. The maximum absolute atomic E-state index is 13.3.